The molecule has 3 aromatic rings. The topological polar surface area (TPSA) is 197 Å². The first-order valence-corrected chi connectivity index (χ1v) is 15.8. The summed E-state index contributed by atoms with van der Waals surface area (Å²) in [5, 5.41) is 2.73. The van der Waals surface area contributed by atoms with Gasteiger partial charge in [0.1, 0.15) is 36.8 Å². The van der Waals surface area contributed by atoms with Crippen LogP contribution < -0.4 is 16.6 Å². The SMILES string of the molecule is CC1(C)O[C@@H]2[C@H](O1)[C@@H](COP(N)(=O)OCCCCCCNC(=O)OCc1ccccc1)O[C@H]2n1cnc2c(N)ncnc21. The number of ether oxygens (including phenoxy) is 4. The number of rotatable bonds is 14. The number of nitrogens with zero attached hydrogens (tertiary/aromatic N) is 4. The average molecular weight is 620 g/mol. The van der Waals surface area contributed by atoms with E-state index in [2.05, 4.69) is 20.3 Å². The van der Waals surface area contributed by atoms with Gasteiger partial charge < -0.3 is 30.0 Å². The number of carbonyl (C=O) groups excluding carboxylic acids is 1. The summed E-state index contributed by atoms with van der Waals surface area (Å²) < 4.78 is 49.0. The third-order valence-corrected chi connectivity index (χ3v) is 8.08. The lowest BCUT2D eigenvalue weighted by molar-refractivity contribution is -0.199. The van der Waals surface area contributed by atoms with Crippen LogP contribution in [0.15, 0.2) is 43.0 Å². The summed E-state index contributed by atoms with van der Waals surface area (Å²) in [6.45, 7) is 4.35. The average Bonchev–Trinajstić information content (AvgIpc) is 3.64. The minimum Gasteiger partial charge on any atom is -0.445 e. The second-order valence-electron chi connectivity index (χ2n) is 10.8. The molecule has 0 saturated carbocycles. The molecule has 43 heavy (non-hydrogen) atoms. The Kier molecular flexibility index (Phi) is 9.92. The Hall–Kier alpha value is -3.17. The zero-order valence-corrected chi connectivity index (χ0v) is 25.1. The molecule has 0 spiro atoms. The van der Waals surface area contributed by atoms with Crippen LogP contribution in [-0.2, 0) is 39.2 Å². The number of nitrogen functional groups attached to an aromatic ring is 1. The van der Waals surface area contributed by atoms with Crippen LogP contribution in [0.25, 0.3) is 11.2 Å². The quantitative estimate of drug-likeness (QED) is 0.175. The van der Waals surface area contributed by atoms with Crippen LogP contribution in [0.3, 0.4) is 0 Å². The van der Waals surface area contributed by atoms with Crippen LogP contribution in [0.4, 0.5) is 10.6 Å². The molecule has 2 fully saturated rings. The number of imidazole rings is 1. The maximum atomic E-state index is 12.8. The van der Waals surface area contributed by atoms with Crippen LogP contribution >= 0.6 is 7.75 Å². The van der Waals surface area contributed by atoms with Crippen molar-refractivity contribution < 1.29 is 37.4 Å². The number of nitrogens with one attached hydrogen (secondary N) is 1. The van der Waals surface area contributed by atoms with Gasteiger partial charge >= 0.3 is 13.8 Å². The molecule has 0 bridgehead atoms. The first kappa shape index (κ1) is 31.3. The number of fused-ring (bicyclic) bond motifs is 2. The summed E-state index contributed by atoms with van der Waals surface area (Å²) >= 11 is 0. The molecular weight excluding hydrogens is 581 g/mol. The third-order valence-electron chi connectivity index (χ3n) is 7.03. The van der Waals surface area contributed by atoms with Gasteiger partial charge in [-0.05, 0) is 32.3 Å². The van der Waals surface area contributed by atoms with Crippen molar-refractivity contribution in [2.45, 2.75) is 76.5 Å². The van der Waals surface area contributed by atoms with Crippen molar-refractivity contribution in [1.82, 2.24) is 24.8 Å². The van der Waals surface area contributed by atoms with Crippen LogP contribution in [-0.4, -0.2) is 69.5 Å². The van der Waals surface area contributed by atoms with E-state index in [1.165, 1.54) is 6.33 Å². The van der Waals surface area contributed by atoms with Gasteiger partial charge in [0, 0.05) is 6.54 Å². The fraction of sp³-hybridized carbons (Fsp3) is 0.556. The molecule has 2 saturated heterocycles. The van der Waals surface area contributed by atoms with E-state index in [-0.39, 0.29) is 25.6 Å². The molecule has 16 heteroatoms. The number of anilines is 1. The fourth-order valence-electron chi connectivity index (χ4n) is 5.03. The second kappa shape index (κ2) is 13.6. The number of amides is 1. The van der Waals surface area contributed by atoms with Gasteiger partial charge in [-0.2, -0.15) is 0 Å². The number of unbranched alkanes of at least 4 members (excludes halogenated alkanes) is 3. The molecule has 1 aromatic carbocycles. The Labute approximate surface area is 249 Å². The van der Waals surface area contributed by atoms with E-state index in [1.54, 1.807) is 24.7 Å². The van der Waals surface area contributed by atoms with E-state index in [1.807, 2.05) is 30.3 Å². The summed E-state index contributed by atoms with van der Waals surface area (Å²) in [5.74, 6) is -0.625. The number of hydrogen-bond acceptors (Lipinski definition) is 12. The standard InChI is InChI=1S/C27H38N7O8P/c1-27(2)41-21-19(40-25(22(21)42-27)34-17-33-20-23(28)31-16-32-24(20)34)15-39-43(29,36)38-13-9-4-3-8-12-30-26(35)37-14-18-10-6-5-7-11-18/h5-7,10-11,16-17,19,21-22,25H,3-4,8-9,12-15H2,1-2H3,(H2,29,36)(H,30,35)(H2,28,31,32)/t19-,21-,22-,25-,43?/m1/s1. The summed E-state index contributed by atoms with van der Waals surface area (Å²) in [6.07, 6.45) is 3.13. The number of nitrogens with two attached hydrogens (primary N) is 2. The van der Waals surface area contributed by atoms with Gasteiger partial charge in [-0.3, -0.25) is 13.6 Å². The highest BCUT2D eigenvalue weighted by Crippen LogP contribution is 2.46. The predicted molar refractivity (Wildman–Crippen MR) is 154 cm³/mol. The maximum absolute atomic E-state index is 12.8. The van der Waals surface area contributed by atoms with Crippen molar-refractivity contribution in [2.24, 2.45) is 5.50 Å². The van der Waals surface area contributed by atoms with E-state index >= 15 is 0 Å². The Morgan fingerprint density at radius 3 is 2.65 bits per heavy atom. The summed E-state index contributed by atoms with van der Waals surface area (Å²) in [4.78, 5) is 24.4. The highest BCUT2D eigenvalue weighted by molar-refractivity contribution is 7.51. The molecule has 15 nitrogen and oxygen atoms in total. The molecule has 2 aromatic heterocycles. The maximum Gasteiger partial charge on any atom is 0.407 e. The van der Waals surface area contributed by atoms with Gasteiger partial charge in [0.15, 0.2) is 23.5 Å². The van der Waals surface area contributed by atoms with Gasteiger partial charge in [-0.25, -0.2) is 29.8 Å². The van der Waals surface area contributed by atoms with E-state index < -0.39 is 44.2 Å². The normalized spacial score (nSPS) is 24.1. The molecule has 234 valence electrons. The summed E-state index contributed by atoms with van der Waals surface area (Å²) in [6, 6.07) is 9.48. The van der Waals surface area contributed by atoms with Crippen molar-refractivity contribution in [3.63, 3.8) is 0 Å². The molecule has 2 aliphatic rings. The lowest BCUT2D eigenvalue weighted by Gasteiger charge is -2.25. The minimum absolute atomic E-state index is 0.138. The third kappa shape index (κ3) is 8.06. The number of alkyl carbamates (subject to hydrolysis) is 1. The van der Waals surface area contributed by atoms with Crippen molar-refractivity contribution in [1.29, 1.82) is 0 Å². The lowest BCUT2D eigenvalue weighted by atomic mass is 10.1. The summed E-state index contributed by atoms with van der Waals surface area (Å²) in [7, 11) is -3.85. The van der Waals surface area contributed by atoms with E-state index in [0.717, 1.165) is 24.8 Å². The van der Waals surface area contributed by atoms with Crippen LogP contribution in [0.5, 0.6) is 0 Å². The van der Waals surface area contributed by atoms with Crippen LogP contribution in [0.2, 0.25) is 0 Å². The molecule has 1 unspecified atom stereocenters. The minimum atomic E-state index is -3.85. The molecule has 5 atom stereocenters. The molecular formula is C27H38N7O8P. The predicted octanol–water partition coefficient (Wildman–Crippen LogP) is 3.41. The number of hydrogen-bond donors (Lipinski definition) is 3. The molecule has 2 aliphatic heterocycles. The monoisotopic (exact) mass is 619 g/mol. The fourth-order valence-corrected chi connectivity index (χ4v) is 5.84. The Morgan fingerprint density at radius 2 is 1.84 bits per heavy atom. The zero-order valence-electron chi connectivity index (χ0n) is 24.2. The second-order valence-corrected chi connectivity index (χ2v) is 12.4. The van der Waals surface area contributed by atoms with Crippen molar-refractivity contribution in [2.75, 3.05) is 25.5 Å². The number of benzene rings is 1. The highest BCUT2D eigenvalue weighted by atomic mass is 31.2. The Balaban J connectivity index is 1.01. The van der Waals surface area contributed by atoms with Crippen LogP contribution in [0, 0.1) is 0 Å². The Bertz CT molecular complexity index is 1420. The van der Waals surface area contributed by atoms with Gasteiger partial charge in [-0.1, -0.05) is 43.2 Å². The van der Waals surface area contributed by atoms with E-state index in [9.17, 15) is 9.36 Å². The molecule has 0 aliphatic carbocycles. The summed E-state index contributed by atoms with van der Waals surface area (Å²) in [5.41, 5.74) is 13.6. The molecule has 5 N–H and O–H groups in total. The highest BCUT2D eigenvalue weighted by Gasteiger charge is 2.56. The molecule has 1 amide bonds. The smallest absolute Gasteiger partial charge is 0.407 e. The van der Waals surface area contributed by atoms with Crippen molar-refractivity contribution in [3.05, 3.63) is 48.5 Å². The van der Waals surface area contributed by atoms with Gasteiger partial charge in [0.05, 0.1) is 19.5 Å². The van der Waals surface area contributed by atoms with Gasteiger partial charge in [-0.15, -0.1) is 0 Å². The first-order chi connectivity index (χ1) is 20.6. The van der Waals surface area contributed by atoms with Crippen LogP contribution in [0.1, 0.15) is 51.3 Å². The largest absolute Gasteiger partial charge is 0.445 e. The number of aromatic nitrogens is 4. The lowest BCUT2D eigenvalue weighted by Crippen LogP contribution is -2.33. The van der Waals surface area contributed by atoms with E-state index in [0.29, 0.717) is 24.1 Å². The van der Waals surface area contributed by atoms with E-state index in [4.69, 9.17) is 39.2 Å². The van der Waals surface area contributed by atoms with Gasteiger partial charge in [0.25, 0.3) is 0 Å². The number of carbonyl (C=O) groups is 1. The molecule has 5 rings (SSSR count). The van der Waals surface area contributed by atoms with Gasteiger partial charge in [0.2, 0.25) is 0 Å². The van der Waals surface area contributed by atoms with Crippen molar-refractivity contribution in [3.8, 4) is 0 Å². The molecule has 4 heterocycles. The first-order valence-electron chi connectivity index (χ1n) is 14.2. The zero-order chi connectivity index (χ0) is 30.5. The van der Waals surface area contributed by atoms with Crippen molar-refractivity contribution >= 4 is 30.8 Å². The Morgan fingerprint density at radius 1 is 1.07 bits per heavy atom. The molecule has 0 radical (unpaired) electrons.